The zero-order valence-electron chi connectivity index (χ0n) is 7.48. The Kier molecular flexibility index (Phi) is 13.1. The summed E-state index contributed by atoms with van der Waals surface area (Å²) >= 11 is 0. The van der Waals surface area contributed by atoms with Crippen molar-refractivity contribution < 1.29 is 61.4 Å². The maximum atomic E-state index is 10.3. The number of rotatable bonds is 3. The molecule has 0 spiro atoms. The molecular formula is C4H6Li2NO5P. The number of phosphoric acid groups is 1. The first-order chi connectivity index (χ1) is 4.95. The molecule has 0 unspecified atom stereocenters. The van der Waals surface area contributed by atoms with E-state index in [2.05, 4.69) is 11.1 Å². The standard InChI is InChI=1S/C4H8NO5P.2Li/c1-2-3-5-4(6)10-11(7,8)9;;/h2H,1,3H2,(H,5,6)(H2,7,8,9);;/q;2*+1/p-2. The largest absolute Gasteiger partial charge is 1.00 e. The van der Waals surface area contributed by atoms with Gasteiger partial charge >= 0.3 is 43.8 Å². The third-order valence-corrected chi connectivity index (χ3v) is 0.975. The van der Waals surface area contributed by atoms with E-state index >= 15 is 0 Å². The number of carbonyl (C=O) groups is 1. The molecular weight excluding hydrogens is 187 g/mol. The summed E-state index contributed by atoms with van der Waals surface area (Å²) in [5, 5.41) is 1.94. The summed E-state index contributed by atoms with van der Waals surface area (Å²) in [6.07, 6.45) is 0.0140. The van der Waals surface area contributed by atoms with Gasteiger partial charge in [-0.05, 0) is 0 Å². The minimum absolute atomic E-state index is 0. The summed E-state index contributed by atoms with van der Waals surface area (Å²) in [6.45, 7) is 3.27. The second kappa shape index (κ2) is 8.93. The molecule has 1 amide bonds. The van der Waals surface area contributed by atoms with Gasteiger partial charge in [-0.25, -0.2) is 4.79 Å². The Morgan fingerprint density at radius 3 is 2.31 bits per heavy atom. The van der Waals surface area contributed by atoms with Crippen molar-refractivity contribution >= 4 is 13.9 Å². The molecule has 0 rings (SSSR count). The van der Waals surface area contributed by atoms with Crippen LogP contribution in [0.2, 0.25) is 0 Å². The summed E-state index contributed by atoms with van der Waals surface area (Å²) in [5.74, 6) is 0. The minimum Gasteiger partial charge on any atom is -0.780 e. The van der Waals surface area contributed by atoms with Crippen LogP contribution in [0.3, 0.4) is 0 Å². The van der Waals surface area contributed by atoms with Crippen LogP contribution in [0, 0.1) is 0 Å². The number of amides is 1. The predicted molar refractivity (Wildman–Crippen MR) is 32.3 cm³/mol. The van der Waals surface area contributed by atoms with E-state index in [0.717, 1.165) is 0 Å². The summed E-state index contributed by atoms with van der Waals surface area (Å²) in [6, 6.07) is 0. The average Bonchev–Trinajstić information content (AvgIpc) is 1.79. The number of carbonyl (C=O) groups excluding carboxylic acids is 1. The predicted octanol–water partition coefficient (Wildman–Crippen LogP) is -7.26. The molecule has 0 fully saturated rings. The number of hydrogen-bond donors (Lipinski definition) is 1. The van der Waals surface area contributed by atoms with Gasteiger partial charge in [-0.2, -0.15) is 0 Å². The van der Waals surface area contributed by atoms with Crippen LogP contribution in [0.4, 0.5) is 4.79 Å². The van der Waals surface area contributed by atoms with E-state index < -0.39 is 13.9 Å². The zero-order chi connectivity index (χ0) is 8.91. The van der Waals surface area contributed by atoms with Gasteiger partial charge in [0.1, 0.15) is 7.82 Å². The van der Waals surface area contributed by atoms with E-state index in [1.54, 1.807) is 0 Å². The van der Waals surface area contributed by atoms with Gasteiger partial charge < -0.3 is 24.2 Å². The van der Waals surface area contributed by atoms with E-state index in [-0.39, 0.29) is 44.3 Å². The third-order valence-electron chi connectivity index (χ3n) is 0.585. The van der Waals surface area contributed by atoms with Crippen molar-refractivity contribution in [2.45, 2.75) is 0 Å². The fourth-order valence-corrected chi connectivity index (χ4v) is 0.557. The fraction of sp³-hybridized carbons (Fsp3) is 0.250. The van der Waals surface area contributed by atoms with E-state index in [4.69, 9.17) is 0 Å². The van der Waals surface area contributed by atoms with Crippen LogP contribution in [-0.4, -0.2) is 12.6 Å². The Balaban J connectivity index is -0.000000500. The molecule has 13 heavy (non-hydrogen) atoms. The molecule has 0 aromatic carbocycles. The molecule has 6 nitrogen and oxygen atoms in total. The third kappa shape index (κ3) is 15.1. The maximum Gasteiger partial charge on any atom is 1.00 e. The van der Waals surface area contributed by atoms with Gasteiger partial charge in [-0.15, -0.1) is 6.58 Å². The Morgan fingerprint density at radius 2 is 2.00 bits per heavy atom. The van der Waals surface area contributed by atoms with Gasteiger partial charge in [0.15, 0.2) is 0 Å². The normalized spacial score (nSPS) is 8.77. The molecule has 1 N–H and O–H groups in total. The minimum atomic E-state index is -5.21. The van der Waals surface area contributed by atoms with Crippen molar-refractivity contribution in [2.24, 2.45) is 0 Å². The molecule has 0 atom stereocenters. The van der Waals surface area contributed by atoms with E-state index in [1.807, 2.05) is 5.32 Å². The van der Waals surface area contributed by atoms with Gasteiger partial charge in [0, 0.05) is 6.54 Å². The first-order valence-electron chi connectivity index (χ1n) is 2.56. The molecule has 0 aliphatic heterocycles. The van der Waals surface area contributed by atoms with E-state index in [9.17, 15) is 19.1 Å². The molecule has 0 aliphatic carbocycles. The SMILES string of the molecule is C=CCNC(=O)OP(=O)([O-])[O-].[Li+].[Li+]. The summed E-state index contributed by atoms with van der Waals surface area (Å²) in [4.78, 5) is 29.8. The van der Waals surface area contributed by atoms with Gasteiger partial charge in [0.2, 0.25) is 0 Å². The molecule has 0 heterocycles. The van der Waals surface area contributed by atoms with E-state index in [1.165, 1.54) is 6.08 Å². The van der Waals surface area contributed by atoms with Crippen LogP contribution >= 0.6 is 7.82 Å². The maximum absolute atomic E-state index is 10.3. The van der Waals surface area contributed by atoms with Gasteiger partial charge in [0.05, 0.1) is 0 Å². The summed E-state index contributed by atoms with van der Waals surface area (Å²) in [5.41, 5.74) is 0. The molecule has 64 valence electrons. The second-order valence-corrected chi connectivity index (χ2v) is 2.57. The first kappa shape index (κ1) is 19.0. The van der Waals surface area contributed by atoms with Crippen molar-refractivity contribution in [3.63, 3.8) is 0 Å². The van der Waals surface area contributed by atoms with Gasteiger partial charge in [-0.1, -0.05) is 6.08 Å². The summed E-state index contributed by atoms with van der Waals surface area (Å²) < 4.78 is 13.2. The van der Waals surface area contributed by atoms with Crippen LogP contribution in [0.25, 0.3) is 0 Å². The molecule has 0 aliphatic rings. The smallest absolute Gasteiger partial charge is 0.780 e. The van der Waals surface area contributed by atoms with Gasteiger partial charge in [-0.3, -0.25) is 0 Å². The summed E-state index contributed by atoms with van der Waals surface area (Å²) in [7, 11) is -5.21. The fourth-order valence-electron chi connectivity index (χ4n) is 0.289. The van der Waals surface area contributed by atoms with Crippen LogP contribution < -0.4 is 52.8 Å². The quantitative estimate of drug-likeness (QED) is 0.272. The molecule has 0 bridgehead atoms. The van der Waals surface area contributed by atoms with Crippen LogP contribution in [-0.2, 0) is 9.09 Å². The van der Waals surface area contributed by atoms with Crippen molar-refractivity contribution in [2.75, 3.05) is 6.54 Å². The average molecular weight is 193 g/mol. The zero-order valence-corrected chi connectivity index (χ0v) is 8.37. The van der Waals surface area contributed by atoms with Crippen molar-refractivity contribution in [1.82, 2.24) is 5.32 Å². The van der Waals surface area contributed by atoms with Crippen LogP contribution in [0.5, 0.6) is 0 Å². The monoisotopic (exact) mass is 193 g/mol. The first-order valence-corrected chi connectivity index (χ1v) is 4.02. The molecule has 0 radical (unpaired) electrons. The number of phosphoric ester groups is 1. The molecule has 9 heteroatoms. The molecule has 0 aromatic heterocycles. The Morgan fingerprint density at radius 1 is 1.54 bits per heavy atom. The van der Waals surface area contributed by atoms with Crippen molar-refractivity contribution in [1.29, 1.82) is 0 Å². The Labute approximate surface area is 99.7 Å². The van der Waals surface area contributed by atoms with Crippen LogP contribution in [0.1, 0.15) is 0 Å². The molecule has 0 saturated carbocycles. The van der Waals surface area contributed by atoms with Crippen molar-refractivity contribution in [3.8, 4) is 0 Å². The molecule has 0 saturated heterocycles. The Hall–Kier alpha value is 0.355. The topological polar surface area (TPSA) is 102 Å². The number of nitrogens with one attached hydrogen (secondary N) is 1. The Bertz CT molecular complexity index is 205. The van der Waals surface area contributed by atoms with E-state index in [0.29, 0.717) is 0 Å². The second-order valence-electron chi connectivity index (χ2n) is 1.50. The molecule has 0 aromatic rings. The van der Waals surface area contributed by atoms with Gasteiger partial charge in [0.25, 0.3) is 0 Å². The van der Waals surface area contributed by atoms with Crippen LogP contribution in [0.15, 0.2) is 12.7 Å². The number of hydrogen-bond acceptors (Lipinski definition) is 5. The van der Waals surface area contributed by atoms with Crippen molar-refractivity contribution in [3.05, 3.63) is 12.7 Å².